The zero-order chi connectivity index (χ0) is 9.78. The molecule has 7 heteroatoms. The van der Waals surface area contributed by atoms with Crippen LogP contribution < -0.4 is 5.32 Å². The van der Waals surface area contributed by atoms with E-state index in [1.54, 1.807) is 0 Å². The molecule has 0 heterocycles. The van der Waals surface area contributed by atoms with Crippen LogP contribution in [-0.2, 0) is 14.9 Å². The Bertz CT molecular complexity index is 251. The van der Waals surface area contributed by atoms with Crippen LogP contribution in [0.5, 0.6) is 0 Å². The summed E-state index contributed by atoms with van der Waals surface area (Å²) in [6.45, 7) is 2.99. The summed E-state index contributed by atoms with van der Waals surface area (Å²) < 4.78 is 29.4. The van der Waals surface area contributed by atoms with Crippen LogP contribution in [0.2, 0.25) is 0 Å². The molecule has 0 aromatic carbocycles. The number of rotatable bonds is 4. The molecule has 5 nitrogen and oxygen atoms in total. The van der Waals surface area contributed by atoms with E-state index in [-0.39, 0.29) is 56.6 Å². The quantitative estimate of drug-likeness (QED) is 0.479. The Morgan fingerprint density at radius 3 is 2.31 bits per heavy atom. The zero-order valence-electron chi connectivity index (χ0n) is 7.07. The van der Waals surface area contributed by atoms with Gasteiger partial charge in [0, 0.05) is 13.5 Å². The van der Waals surface area contributed by atoms with Crippen LogP contribution in [-0.4, -0.2) is 68.4 Å². The summed E-state index contributed by atoms with van der Waals surface area (Å²) in [5.41, 5.74) is 0. The van der Waals surface area contributed by atoms with Crippen LogP contribution in [0.4, 0.5) is 0 Å². The first-order chi connectivity index (χ1) is 5.34. The third-order valence-electron chi connectivity index (χ3n) is 1.43. The first-order valence-corrected chi connectivity index (χ1v) is 5.05. The minimum absolute atomic E-state index is 0. The molecule has 0 saturated heterocycles. The molecule has 2 N–H and O–H groups in total. The van der Waals surface area contributed by atoms with Crippen molar-refractivity contribution in [1.29, 1.82) is 0 Å². The van der Waals surface area contributed by atoms with Gasteiger partial charge in [-0.25, -0.2) is 0 Å². The molecule has 0 spiro atoms. The van der Waals surface area contributed by atoms with Gasteiger partial charge in [0.25, 0.3) is 10.1 Å². The van der Waals surface area contributed by atoms with Gasteiger partial charge in [0.05, 0.1) is 5.25 Å². The summed E-state index contributed by atoms with van der Waals surface area (Å²) in [7, 11) is -3.95. The second kappa shape index (κ2) is 7.00. The molecule has 76 valence electrons. The molecule has 0 saturated carbocycles. The van der Waals surface area contributed by atoms with Crippen molar-refractivity contribution >= 4 is 53.8 Å². The zero-order valence-corrected chi connectivity index (χ0v) is 7.89. The van der Waals surface area contributed by atoms with Gasteiger partial charge in [0.15, 0.2) is 0 Å². The fraction of sp³-hybridized carbons (Fsp3) is 0.833. The molecule has 0 aliphatic heterocycles. The number of hydrogen-bond acceptors (Lipinski definition) is 3. The number of carbonyl (C=O) groups is 1. The first-order valence-electron chi connectivity index (χ1n) is 3.54. The Kier molecular flexibility index (Phi) is 8.66. The fourth-order valence-corrected chi connectivity index (χ4v) is 1.02. The molecule has 13 heavy (non-hydrogen) atoms. The Labute approximate surface area is 108 Å². The second-order valence-corrected chi connectivity index (χ2v) is 4.43. The summed E-state index contributed by atoms with van der Waals surface area (Å²) in [6.07, 6.45) is 0.221. The van der Waals surface area contributed by atoms with Crippen LogP contribution in [0, 0.1) is 0 Å². The Hall–Kier alpha value is 0.640. The second-order valence-electron chi connectivity index (χ2n) is 2.60. The van der Waals surface area contributed by atoms with E-state index >= 15 is 0 Å². The summed E-state index contributed by atoms with van der Waals surface area (Å²) in [4.78, 5) is 10.4. The van der Waals surface area contributed by atoms with Gasteiger partial charge in [-0.05, 0) is 13.3 Å². The molecule has 0 radical (unpaired) electrons. The topological polar surface area (TPSA) is 83.5 Å². The van der Waals surface area contributed by atoms with Crippen molar-refractivity contribution in [3.8, 4) is 0 Å². The molecule has 1 unspecified atom stereocenters. The number of carbonyl (C=O) groups excluding carboxylic acids is 1. The van der Waals surface area contributed by atoms with Crippen LogP contribution in [0.1, 0.15) is 20.3 Å². The van der Waals surface area contributed by atoms with E-state index in [1.165, 1.54) is 13.8 Å². The normalized spacial score (nSPS) is 12.8. The molecule has 1 amide bonds. The number of amides is 1. The molecule has 0 aliphatic carbocycles. The van der Waals surface area contributed by atoms with Crippen molar-refractivity contribution in [3.63, 3.8) is 0 Å². The van der Waals surface area contributed by atoms with Gasteiger partial charge in [-0.1, -0.05) is 0 Å². The average Bonchev–Trinajstić information content (AvgIpc) is 1.84. The van der Waals surface area contributed by atoms with E-state index in [4.69, 9.17) is 4.55 Å². The number of hydrogen-bond donors (Lipinski definition) is 2. The Balaban J connectivity index is 0. The van der Waals surface area contributed by atoms with E-state index in [2.05, 4.69) is 5.32 Å². The van der Waals surface area contributed by atoms with Crippen LogP contribution in [0.25, 0.3) is 0 Å². The fourth-order valence-electron chi connectivity index (χ4n) is 0.600. The van der Waals surface area contributed by atoms with Crippen molar-refractivity contribution < 1.29 is 17.8 Å². The van der Waals surface area contributed by atoms with Crippen LogP contribution in [0.3, 0.4) is 0 Å². The third-order valence-corrected chi connectivity index (χ3v) is 2.69. The first kappa shape index (κ1) is 16.1. The molecular weight excluding hydrogens is 222 g/mol. The minimum atomic E-state index is -3.95. The third kappa shape index (κ3) is 8.96. The van der Waals surface area contributed by atoms with Gasteiger partial charge in [0.1, 0.15) is 0 Å². The molecule has 0 aromatic rings. The molecule has 1 atom stereocenters. The van der Waals surface area contributed by atoms with Crippen LogP contribution >= 0.6 is 0 Å². The molecule has 0 bridgehead atoms. The van der Waals surface area contributed by atoms with Gasteiger partial charge >= 0.3 is 37.7 Å². The van der Waals surface area contributed by atoms with E-state index in [0.717, 1.165) is 0 Å². The van der Waals surface area contributed by atoms with E-state index in [1.807, 2.05) is 0 Å². The molecule has 0 aromatic heterocycles. The standard InChI is InChI=1S/C6H13NO4S.Ca.2H/c1-5(12(9,10)11)3-4-7-6(2)8;;;/h5H,3-4H2,1-2H3,(H,7,8)(H,9,10,11);;;. The van der Waals surface area contributed by atoms with Crippen molar-refractivity contribution in [2.24, 2.45) is 0 Å². The Morgan fingerprint density at radius 2 is 2.00 bits per heavy atom. The molecule has 0 fully saturated rings. The van der Waals surface area contributed by atoms with Crippen LogP contribution in [0.15, 0.2) is 0 Å². The maximum absolute atomic E-state index is 10.4. The maximum atomic E-state index is 10.4. The predicted molar refractivity (Wildman–Crippen MR) is 52.9 cm³/mol. The van der Waals surface area contributed by atoms with E-state index in [0.29, 0.717) is 0 Å². The summed E-state index contributed by atoms with van der Waals surface area (Å²) in [5.74, 6) is -0.211. The van der Waals surface area contributed by atoms with Crippen molar-refractivity contribution in [3.05, 3.63) is 0 Å². The van der Waals surface area contributed by atoms with Gasteiger partial charge in [-0.15, -0.1) is 0 Å². The SMILES string of the molecule is CC(=O)NCCC(C)S(=O)(=O)O.[CaH2]. The average molecular weight is 237 g/mol. The van der Waals surface area contributed by atoms with Crippen molar-refractivity contribution in [2.45, 2.75) is 25.5 Å². The number of nitrogens with one attached hydrogen (secondary N) is 1. The van der Waals surface area contributed by atoms with Gasteiger partial charge in [0.2, 0.25) is 5.91 Å². The summed E-state index contributed by atoms with van der Waals surface area (Å²) in [6, 6.07) is 0. The van der Waals surface area contributed by atoms with Crippen molar-refractivity contribution in [1.82, 2.24) is 5.32 Å². The van der Waals surface area contributed by atoms with E-state index in [9.17, 15) is 13.2 Å². The molecular formula is C6H15CaNO4S. The summed E-state index contributed by atoms with van der Waals surface area (Å²) >= 11 is 0. The van der Waals surface area contributed by atoms with Gasteiger partial charge < -0.3 is 5.32 Å². The van der Waals surface area contributed by atoms with Gasteiger partial charge in [-0.3, -0.25) is 9.35 Å². The Morgan fingerprint density at radius 1 is 1.54 bits per heavy atom. The van der Waals surface area contributed by atoms with Crippen molar-refractivity contribution in [2.75, 3.05) is 6.54 Å². The molecule has 0 rings (SSSR count). The molecule has 0 aliphatic rings. The van der Waals surface area contributed by atoms with Gasteiger partial charge in [-0.2, -0.15) is 8.42 Å². The summed E-state index contributed by atoms with van der Waals surface area (Å²) in [5, 5.41) is 1.60. The monoisotopic (exact) mass is 237 g/mol. The van der Waals surface area contributed by atoms with E-state index < -0.39 is 15.4 Å². The predicted octanol–water partition coefficient (Wildman–Crippen LogP) is -1.13.